The smallest absolute Gasteiger partial charge is 0.341 e. The predicted molar refractivity (Wildman–Crippen MR) is 70.2 cm³/mol. The molecule has 0 saturated carbocycles. The van der Waals surface area contributed by atoms with Crippen molar-refractivity contribution in [3.8, 4) is 17.2 Å². The molecular formula is C11H13IO5. The third-order valence-corrected chi connectivity index (χ3v) is 3.16. The van der Waals surface area contributed by atoms with Crippen LogP contribution in [0.2, 0.25) is 0 Å². The zero-order valence-corrected chi connectivity index (χ0v) is 12.2. The molecule has 94 valence electrons. The van der Waals surface area contributed by atoms with Crippen LogP contribution in [0.15, 0.2) is 6.07 Å². The van der Waals surface area contributed by atoms with Crippen LogP contribution in [0.25, 0.3) is 0 Å². The maximum Gasteiger partial charge on any atom is 0.341 e. The number of carbonyl (C=O) groups is 1. The first-order valence-electron chi connectivity index (χ1n) is 4.67. The number of esters is 1. The summed E-state index contributed by atoms with van der Waals surface area (Å²) in [5.41, 5.74) is 0.303. The first-order valence-corrected chi connectivity index (χ1v) is 5.75. The summed E-state index contributed by atoms with van der Waals surface area (Å²) in [6.07, 6.45) is 0. The van der Waals surface area contributed by atoms with Gasteiger partial charge in [0, 0.05) is 6.07 Å². The molecule has 0 aliphatic rings. The van der Waals surface area contributed by atoms with Gasteiger partial charge >= 0.3 is 5.97 Å². The number of hydrogen-bond acceptors (Lipinski definition) is 5. The van der Waals surface area contributed by atoms with Crippen LogP contribution in [0, 0.1) is 3.57 Å². The predicted octanol–water partition coefficient (Wildman–Crippen LogP) is 2.10. The Labute approximate surface area is 113 Å². The van der Waals surface area contributed by atoms with Crippen LogP contribution >= 0.6 is 22.6 Å². The normalized spacial score (nSPS) is 9.71. The molecule has 0 aliphatic heterocycles. The van der Waals surface area contributed by atoms with Gasteiger partial charge in [-0.3, -0.25) is 0 Å². The fourth-order valence-corrected chi connectivity index (χ4v) is 2.39. The van der Waals surface area contributed by atoms with Crippen molar-refractivity contribution in [2.45, 2.75) is 0 Å². The van der Waals surface area contributed by atoms with Gasteiger partial charge in [-0.2, -0.15) is 0 Å². The van der Waals surface area contributed by atoms with Gasteiger partial charge in [0.25, 0.3) is 0 Å². The molecule has 0 aliphatic carbocycles. The van der Waals surface area contributed by atoms with Crippen molar-refractivity contribution in [3.63, 3.8) is 0 Å². The summed E-state index contributed by atoms with van der Waals surface area (Å²) >= 11 is 2.03. The Hall–Kier alpha value is -1.18. The molecule has 0 atom stereocenters. The number of rotatable bonds is 4. The largest absolute Gasteiger partial charge is 0.495 e. The highest BCUT2D eigenvalue weighted by atomic mass is 127. The van der Waals surface area contributed by atoms with Crippen molar-refractivity contribution in [3.05, 3.63) is 15.2 Å². The van der Waals surface area contributed by atoms with Gasteiger partial charge in [-0.15, -0.1) is 0 Å². The van der Waals surface area contributed by atoms with Gasteiger partial charge in [-0.1, -0.05) is 0 Å². The van der Waals surface area contributed by atoms with Crippen LogP contribution in [0.3, 0.4) is 0 Å². The second kappa shape index (κ2) is 5.95. The summed E-state index contributed by atoms with van der Waals surface area (Å²) in [5, 5.41) is 0. The Morgan fingerprint density at radius 3 is 2.06 bits per heavy atom. The van der Waals surface area contributed by atoms with Crippen molar-refractivity contribution in [1.29, 1.82) is 0 Å². The number of benzene rings is 1. The number of halogens is 1. The van der Waals surface area contributed by atoms with E-state index in [0.29, 0.717) is 26.4 Å². The molecule has 0 unspecified atom stereocenters. The average Bonchev–Trinajstić information content (AvgIpc) is 2.36. The Bertz CT molecular complexity index is 430. The SMILES string of the molecule is COC(=O)c1cc(OC)c(OC)c(I)c1OC. The van der Waals surface area contributed by atoms with E-state index in [-0.39, 0.29) is 0 Å². The minimum absolute atomic E-state index is 0.303. The molecule has 1 aromatic carbocycles. The van der Waals surface area contributed by atoms with Crippen LogP contribution in [0.4, 0.5) is 0 Å². The molecule has 0 N–H and O–H groups in total. The van der Waals surface area contributed by atoms with Gasteiger partial charge < -0.3 is 18.9 Å². The van der Waals surface area contributed by atoms with Gasteiger partial charge in [-0.25, -0.2) is 4.79 Å². The molecule has 0 heterocycles. The summed E-state index contributed by atoms with van der Waals surface area (Å²) in [4.78, 5) is 11.6. The Kier molecular flexibility index (Phi) is 4.86. The molecule has 17 heavy (non-hydrogen) atoms. The fraction of sp³-hybridized carbons (Fsp3) is 0.364. The van der Waals surface area contributed by atoms with Gasteiger partial charge in [0.1, 0.15) is 9.13 Å². The second-order valence-corrected chi connectivity index (χ2v) is 4.08. The minimum atomic E-state index is -0.485. The lowest BCUT2D eigenvalue weighted by atomic mass is 10.1. The van der Waals surface area contributed by atoms with Crippen LogP contribution < -0.4 is 14.2 Å². The molecule has 0 saturated heterocycles. The summed E-state index contributed by atoms with van der Waals surface area (Å²) in [6.45, 7) is 0. The number of methoxy groups -OCH3 is 4. The zero-order valence-electron chi connectivity index (χ0n) is 10.00. The highest BCUT2D eigenvalue weighted by Gasteiger charge is 2.23. The van der Waals surface area contributed by atoms with E-state index in [1.165, 1.54) is 34.5 Å². The molecule has 1 rings (SSSR count). The molecule has 0 fully saturated rings. The van der Waals surface area contributed by atoms with E-state index in [0.717, 1.165) is 0 Å². The summed E-state index contributed by atoms with van der Waals surface area (Å²) in [7, 11) is 5.82. The highest BCUT2D eigenvalue weighted by Crippen LogP contribution is 2.41. The summed E-state index contributed by atoms with van der Waals surface area (Å²) in [6, 6.07) is 1.53. The molecule has 6 heteroatoms. The lowest BCUT2D eigenvalue weighted by Crippen LogP contribution is -2.07. The van der Waals surface area contributed by atoms with Gasteiger partial charge in [0.15, 0.2) is 17.2 Å². The van der Waals surface area contributed by atoms with E-state index in [1.807, 2.05) is 22.6 Å². The first kappa shape index (κ1) is 13.9. The van der Waals surface area contributed by atoms with E-state index in [4.69, 9.17) is 14.2 Å². The van der Waals surface area contributed by atoms with E-state index in [9.17, 15) is 4.79 Å². The summed E-state index contributed by atoms with van der Waals surface area (Å²) in [5.74, 6) is 0.909. The Balaban J connectivity index is 3.50. The Morgan fingerprint density at radius 2 is 1.65 bits per heavy atom. The zero-order chi connectivity index (χ0) is 13.0. The second-order valence-electron chi connectivity index (χ2n) is 3.00. The van der Waals surface area contributed by atoms with E-state index >= 15 is 0 Å². The van der Waals surface area contributed by atoms with Crippen LogP contribution in [-0.4, -0.2) is 34.4 Å². The molecule has 0 spiro atoms. The topological polar surface area (TPSA) is 54.0 Å². The lowest BCUT2D eigenvalue weighted by molar-refractivity contribution is 0.0596. The minimum Gasteiger partial charge on any atom is -0.495 e. The van der Waals surface area contributed by atoms with Gasteiger partial charge in [0.05, 0.1) is 28.4 Å². The van der Waals surface area contributed by atoms with Crippen LogP contribution in [0.1, 0.15) is 10.4 Å². The van der Waals surface area contributed by atoms with Crippen LogP contribution in [-0.2, 0) is 4.74 Å². The van der Waals surface area contributed by atoms with Crippen LogP contribution in [0.5, 0.6) is 17.2 Å². The maximum atomic E-state index is 11.6. The number of ether oxygens (including phenoxy) is 4. The molecule has 0 amide bonds. The van der Waals surface area contributed by atoms with Crippen molar-refractivity contribution >= 4 is 28.6 Å². The highest BCUT2D eigenvalue weighted by molar-refractivity contribution is 14.1. The van der Waals surface area contributed by atoms with Crippen molar-refractivity contribution in [1.82, 2.24) is 0 Å². The molecule has 0 bridgehead atoms. The lowest BCUT2D eigenvalue weighted by Gasteiger charge is -2.15. The molecule has 0 radical (unpaired) electrons. The van der Waals surface area contributed by atoms with Gasteiger partial charge in [-0.05, 0) is 22.6 Å². The molecule has 0 aromatic heterocycles. The number of carbonyl (C=O) groups excluding carboxylic acids is 1. The van der Waals surface area contributed by atoms with Crippen molar-refractivity contribution in [2.24, 2.45) is 0 Å². The average molecular weight is 352 g/mol. The van der Waals surface area contributed by atoms with E-state index < -0.39 is 5.97 Å². The summed E-state index contributed by atoms with van der Waals surface area (Å²) < 4.78 is 20.9. The molecule has 5 nitrogen and oxygen atoms in total. The standard InChI is InChI=1S/C11H13IO5/c1-14-7-5-6(11(13)17-4)9(15-2)8(12)10(7)16-3/h5H,1-4H3. The Morgan fingerprint density at radius 1 is 1.06 bits per heavy atom. The van der Waals surface area contributed by atoms with Crippen molar-refractivity contribution in [2.75, 3.05) is 28.4 Å². The number of hydrogen-bond donors (Lipinski definition) is 0. The van der Waals surface area contributed by atoms with E-state index in [1.54, 1.807) is 0 Å². The van der Waals surface area contributed by atoms with E-state index in [2.05, 4.69) is 4.74 Å². The first-order chi connectivity index (χ1) is 8.10. The molecule has 1 aromatic rings. The third kappa shape index (κ3) is 2.56. The third-order valence-electron chi connectivity index (χ3n) is 2.18. The van der Waals surface area contributed by atoms with Gasteiger partial charge in [0.2, 0.25) is 0 Å². The quantitative estimate of drug-likeness (QED) is 0.614. The maximum absolute atomic E-state index is 11.6. The fourth-order valence-electron chi connectivity index (χ4n) is 1.39. The monoisotopic (exact) mass is 352 g/mol. The molecular weight excluding hydrogens is 339 g/mol. The van der Waals surface area contributed by atoms with Crippen molar-refractivity contribution < 1.29 is 23.7 Å².